The van der Waals surface area contributed by atoms with Crippen LogP contribution in [0, 0.1) is 35.5 Å². The number of allylic oxidation sites excluding steroid dienone is 6. The fourth-order valence-corrected chi connectivity index (χ4v) is 11.2. The lowest BCUT2D eigenvalue weighted by molar-refractivity contribution is -0.265. The number of carbonyl (C=O) groups excluding carboxylic acids is 5. The summed E-state index contributed by atoms with van der Waals surface area (Å²) >= 11 is 0. The molecule has 5 aliphatic rings. The average Bonchev–Trinajstić information content (AvgIpc) is 3.33. The number of fused-ring (bicyclic) bond motifs is 3. The number of methoxy groups -OCH3 is 2. The molecule has 0 spiro atoms. The molecule has 1 unspecified atom stereocenters. The Morgan fingerprint density at radius 1 is 0.826 bits per heavy atom. The van der Waals surface area contributed by atoms with Crippen molar-refractivity contribution < 1.29 is 63.0 Å². The van der Waals surface area contributed by atoms with Gasteiger partial charge in [0.1, 0.15) is 30.1 Å². The molecule has 1 aliphatic carbocycles. The summed E-state index contributed by atoms with van der Waals surface area (Å²) in [6.45, 7) is 15.5. The van der Waals surface area contributed by atoms with Crippen LogP contribution in [0.5, 0.6) is 0 Å². The minimum Gasteiger partial charge on any atom is -0.460 e. The van der Waals surface area contributed by atoms with E-state index in [4.69, 9.17) is 23.7 Å². The molecule has 15 heteroatoms. The van der Waals surface area contributed by atoms with Gasteiger partial charge < -0.3 is 43.9 Å². The van der Waals surface area contributed by atoms with Gasteiger partial charge in [-0.2, -0.15) is 0 Å². The number of nitrogens with zero attached hydrogens (tertiary/aromatic N) is 2. The van der Waals surface area contributed by atoms with Gasteiger partial charge in [0.05, 0.1) is 31.5 Å². The van der Waals surface area contributed by atoms with E-state index in [0.717, 1.165) is 12.0 Å². The van der Waals surface area contributed by atoms with Crippen LogP contribution >= 0.6 is 0 Å². The molecule has 5 rings (SSSR count). The summed E-state index contributed by atoms with van der Waals surface area (Å²) in [7, 11) is 2.96. The maximum atomic E-state index is 14.5. The molecule has 4 fully saturated rings. The van der Waals surface area contributed by atoms with Crippen molar-refractivity contribution in [3.63, 3.8) is 0 Å². The number of carbonyl (C=O) groups is 5. The van der Waals surface area contributed by atoms with Gasteiger partial charge in [-0.3, -0.25) is 24.1 Å². The van der Waals surface area contributed by atoms with E-state index in [-0.39, 0.29) is 60.9 Å². The second-order valence-electron chi connectivity index (χ2n) is 21.0. The number of cyclic esters (lactones) is 1. The first-order valence-corrected chi connectivity index (χ1v) is 25.7. The number of ketones is 3. The van der Waals surface area contributed by atoms with Crippen LogP contribution in [-0.4, -0.2) is 156 Å². The minimum atomic E-state index is -2.42. The number of ether oxygens (including phenoxy) is 5. The first kappa shape index (κ1) is 56.5. The quantitative estimate of drug-likeness (QED) is 0.162. The van der Waals surface area contributed by atoms with Gasteiger partial charge in [0.2, 0.25) is 5.79 Å². The maximum Gasteiger partial charge on any atom is 0.329 e. The van der Waals surface area contributed by atoms with Crippen molar-refractivity contribution in [2.45, 2.75) is 180 Å². The van der Waals surface area contributed by atoms with Gasteiger partial charge in [0.15, 0.2) is 5.78 Å². The van der Waals surface area contributed by atoms with Crippen molar-refractivity contribution in [3.8, 4) is 0 Å². The van der Waals surface area contributed by atoms with Crippen LogP contribution in [0.1, 0.15) is 126 Å². The highest BCUT2D eigenvalue weighted by Crippen LogP contribution is 2.38. The van der Waals surface area contributed by atoms with E-state index in [2.05, 4.69) is 4.90 Å². The number of piperidine rings is 1. The van der Waals surface area contributed by atoms with E-state index in [9.17, 15) is 39.3 Å². The van der Waals surface area contributed by atoms with Crippen molar-refractivity contribution in [1.82, 2.24) is 9.80 Å². The lowest BCUT2D eigenvalue weighted by Crippen LogP contribution is -2.61. The second kappa shape index (κ2) is 26.3. The summed E-state index contributed by atoms with van der Waals surface area (Å²) in [5, 5.41) is 34.2. The predicted molar refractivity (Wildman–Crippen MR) is 261 cm³/mol. The molecule has 0 aromatic heterocycles. The second-order valence-corrected chi connectivity index (χ2v) is 21.0. The van der Waals surface area contributed by atoms with Crippen LogP contribution in [0.15, 0.2) is 47.6 Å². The predicted octanol–water partition coefficient (Wildman–Crippen LogP) is 5.87. The molecule has 1 saturated carbocycles. The topological polar surface area (TPSA) is 199 Å². The Balaban J connectivity index is 1.49. The van der Waals surface area contributed by atoms with Crippen molar-refractivity contribution in [2.75, 3.05) is 47.1 Å². The molecule has 4 aliphatic heterocycles. The monoisotopic (exact) mass is 969 g/mol. The van der Waals surface area contributed by atoms with Crippen LogP contribution in [0.2, 0.25) is 0 Å². The van der Waals surface area contributed by atoms with E-state index in [0.29, 0.717) is 89.7 Å². The standard InChI is InChI=1S/C54H84N2O13/c1-33-15-11-10-12-16-34(2)43(55-23-25-67-26-24-55)31-41-20-18-39(7)54(64,69-41)51(61)52(62)56-22-14-13-17-42(56)53(63)68-46(36(4)29-40-19-21-44(57)47(30-40)65-8)32-45(58)35(3)28-38(6)49(60)50(66-9)48(59)37(5)27-33/h10-12,15-16,28,33,35-37,39-44,46-47,49-50,57,60,64H,13-14,17-27,29-32H2,1-9H3/b12-10+,15-11+,34-16?,38-28+/t33-,35-,36?,37-,39-,40-,41+,42+,43-,44-,46+,47-,49-,50+,54-/m1/s1. The molecular formula is C54H84N2O13. The third-order valence-corrected chi connectivity index (χ3v) is 15.7. The van der Waals surface area contributed by atoms with E-state index < -0.39 is 77.8 Å². The Bertz CT molecular complexity index is 1870. The number of amides is 1. The van der Waals surface area contributed by atoms with E-state index in [1.54, 1.807) is 34.0 Å². The Morgan fingerprint density at radius 3 is 2.25 bits per heavy atom. The third kappa shape index (κ3) is 14.8. The first-order valence-electron chi connectivity index (χ1n) is 25.7. The van der Waals surface area contributed by atoms with Crippen molar-refractivity contribution >= 4 is 29.2 Å². The molecule has 388 valence electrons. The normalized spacial score (nSPS) is 39.6. The molecule has 0 radical (unpaired) electrons. The fraction of sp³-hybridized carbons (Fsp3) is 0.759. The zero-order chi connectivity index (χ0) is 50.6. The molecule has 69 heavy (non-hydrogen) atoms. The van der Waals surface area contributed by atoms with Crippen LogP contribution in [-0.2, 0) is 47.7 Å². The van der Waals surface area contributed by atoms with Crippen molar-refractivity contribution in [2.24, 2.45) is 35.5 Å². The summed E-state index contributed by atoms with van der Waals surface area (Å²) in [6.07, 6.45) is 12.3. The molecule has 2 bridgehead atoms. The van der Waals surface area contributed by atoms with Crippen LogP contribution < -0.4 is 0 Å². The van der Waals surface area contributed by atoms with Gasteiger partial charge in [-0.1, -0.05) is 76.6 Å². The largest absolute Gasteiger partial charge is 0.460 e. The number of rotatable bonds is 6. The van der Waals surface area contributed by atoms with Crippen LogP contribution in [0.25, 0.3) is 0 Å². The first-order chi connectivity index (χ1) is 32.8. The zero-order valence-electron chi connectivity index (χ0n) is 42.9. The molecule has 1 amide bonds. The molecule has 0 aromatic carbocycles. The van der Waals surface area contributed by atoms with Gasteiger partial charge in [-0.15, -0.1) is 0 Å². The number of esters is 1. The third-order valence-electron chi connectivity index (χ3n) is 15.7. The van der Waals surface area contributed by atoms with Gasteiger partial charge in [0.25, 0.3) is 11.7 Å². The molecule has 3 N–H and O–H groups in total. The van der Waals surface area contributed by atoms with Crippen LogP contribution in [0.3, 0.4) is 0 Å². The van der Waals surface area contributed by atoms with Crippen molar-refractivity contribution in [3.05, 3.63) is 47.6 Å². The van der Waals surface area contributed by atoms with Crippen molar-refractivity contribution in [1.29, 1.82) is 0 Å². The molecule has 15 atom stereocenters. The summed E-state index contributed by atoms with van der Waals surface area (Å²) in [5.74, 6) is -7.86. The lowest BCUT2D eigenvalue weighted by atomic mass is 9.78. The highest BCUT2D eigenvalue weighted by molar-refractivity contribution is 6.39. The summed E-state index contributed by atoms with van der Waals surface area (Å²) in [5.41, 5.74) is 1.44. The fourth-order valence-electron chi connectivity index (χ4n) is 11.2. The molecule has 0 aromatic rings. The average molecular weight is 969 g/mol. The number of morpholine rings is 1. The maximum absolute atomic E-state index is 14.5. The smallest absolute Gasteiger partial charge is 0.329 e. The highest BCUT2D eigenvalue weighted by Gasteiger charge is 2.53. The summed E-state index contributed by atoms with van der Waals surface area (Å²) in [4.78, 5) is 74.8. The Kier molecular flexibility index (Phi) is 21.6. The molecular weight excluding hydrogens is 885 g/mol. The van der Waals surface area contributed by atoms with Gasteiger partial charge in [0, 0.05) is 64.1 Å². The minimum absolute atomic E-state index is 0.0234. The zero-order valence-corrected chi connectivity index (χ0v) is 42.9. The lowest BCUT2D eigenvalue weighted by Gasteiger charge is -2.44. The van der Waals surface area contributed by atoms with E-state index in [1.165, 1.54) is 12.0 Å². The molecule has 3 saturated heterocycles. The number of hydrogen-bond donors (Lipinski definition) is 3. The van der Waals surface area contributed by atoms with E-state index in [1.807, 2.05) is 58.1 Å². The number of hydrogen-bond acceptors (Lipinski definition) is 14. The highest BCUT2D eigenvalue weighted by atomic mass is 16.6. The summed E-state index contributed by atoms with van der Waals surface area (Å²) < 4.78 is 29.5. The SMILES string of the molecule is CO[C@@H]1C[C@@H](CC(C)[C@@H]2CC(=O)[C@H](C)/C=C(\C)[C@@H](O)[C@@H](OC)C(=O)[C@H](C)C[C@H](C)/C=C/C=C/C=C(C)[C@H](N3CCOCC3)C[C@@H]3CC[C@@H](C)[C@@](O)(O3)C(=O)C(=O)N3CCCC[C@H]3C(=O)O2)CC[C@H]1O. The number of aliphatic hydroxyl groups excluding tert-OH is 2. The van der Waals surface area contributed by atoms with Crippen LogP contribution in [0.4, 0.5) is 0 Å². The Morgan fingerprint density at radius 2 is 1.55 bits per heavy atom. The Hall–Kier alpha value is -3.41. The molecule has 4 heterocycles. The number of Topliss-reactive ketones (excluding diaryl/α,β-unsaturated/α-hetero) is 3. The Labute approximate surface area is 411 Å². The van der Waals surface area contributed by atoms with E-state index >= 15 is 0 Å². The van der Waals surface area contributed by atoms with Gasteiger partial charge in [-0.25, -0.2) is 4.79 Å². The summed E-state index contributed by atoms with van der Waals surface area (Å²) in [6, 6.07) is -1.25. The van der Waals surface area contributed by atoms with Gasteiger partial charge in [-0.05, 0) is 108 Å². The van der Waals surface area contributed by atoms with Gasteiger partial charge >= 0.3 is 5.97 Å². The number of aliphatic hydroxyl groups is 3. The molecule has 15 nitrogen and oxygen atoms in total.